The molecule has 0 saturated heterocycles. The number of imide groups is 1. The molecule has 140 valence electrons. The van der Waals surface area contributed by atoms with Gasteiger partial charge in [-0.2, -0.15) is 0 Å². The van der Waals surface area contributed by atoms with Gasteiger partial charge in [0.05, 0.1) is 16.8 Å². The van der Waals surface area contributed by atoms with Gasteiger partial charge in [0.25, 0.3) is 11.8 Å². The first-order valence-corrected chi connectivity index (χ1v) is 9.09. The first-order chi connectivity index (χ1) is 13.3. The molecule has 0 aliphatic carbocycles. The Morgan fingerprint density at radius 2 is 1.32 bits per heavy atom. The van der Waals surface area contributed by atoms with Crippen molar-refractivity contribution in [2.45, 2.75) is 20.8 Å². The Bertz CT molecular complexity index is 1070. The summed E-state index contributed by atoms with van der Waals surface area (Å²) < 4.78 is 0. The number of rotatable bonds is 2. The van der Waals surface area contributed by atoms with Gasteiger partial charge in [-0.15, -0.1) is 0 Å². The lowest BCUT2D eigenvalue weighted by Crippen LogP contribution is -2.29. The Balaban J connectivity index is 1.64. The summed E-state index contributed by atoms with van der Waals surface area (Å²) in [6.07, 6.45) is 0. The fourth-order valence-electron chi connectivity index (χ4n) is 3.17. The lowest BCUT2D eigenvalue weighted by atomic mass is 9.95. The number of amides is 3. The number of hydrogen-bond donors (Lipinski definition) is 1. The number of carbonyl (C=O) groups excluding carboxylic acids is 3. The number of benzene rings is 3. The van der Waals surface area contributed by atoms with Gasteiger partial charge in [-0.3, -0.25) is 14.4 Å². The van der Waals surface area contributed by atoms with Crippen LogP contribution in [0.25, 0.3) is 10.8 Å². The van der Waals surface area contributed by atoms with E-state index in [0.717, 1.165) is 10.8 Å². The average Bonchev–Trinajstić information content (AvgIpc) is 2.90. The third kappa shape index (κ3) is 2.95. The van der Waals surface area contributed by atoms with Crippen LogP contribution in [0.15, 0.2) is 60.7 Å². The van der Waals surface area contributed by atoms with Gasteiger partial charge in [0, 0.05) is 11.1 Å². The summed E-state index contributed by atoms with van der Waals surface area (Å²) in [6, 6.07) is 17.9. The molecule has 0 radical (unpaired) electrons. The summed E-state index contributed by atoms with van der Waals surface area (Å²) in [7, 11) is 0. The maximum Gasteiger partial charge on any atom is 0.266 e. The van der Waals surface area contributed by atoms with E-state index >= 15 is 0 Å². The van der Waals surface area contributed by atoms with E-state index in [9.17, 15) is 14.4 Å². The summed E-state index contributed by atoms with van der Waals surface area (Å²) in [5, 5.41) is 4.68. The molecule has 0 saturated carbocycles. The molecule has 1 heterocycles. The highest BCUT2D eigenvalue weighted by molar-refractivity contribution is 6.35. The predicted molar refractivity (Wildman–Crippen MR) is 110 cm³/mol. The van der Waals surface area contributed by atoms with E-state index in [1.165, 1.54) is 4.90 Å². The fourth-order valence-corrected chi connectivity index (χ4v) is 3.17. The van der Waals surface area contributed by atoms with Gasteiger partial charge in [-0.25, -0.2) is 4.90 Å². The molecular weight excluding hydrogens is 352 g/mol. The van der Waals surface area contributed by atoms with Crippen LogP contribution in [0.3, 0.4) is 0 Å². The molecule has 0 spiro atoms. The number of carbonyl (C=O) groups is 3. The van der Waals surface area contributed by atoms with Gasteiger partial charge in [-0.1, -0.05) is 45.0 Å². The molecule has 5 nitrogen and oxygen atoms in total. The van der Waals surface area contributed by atoms with Crippen molar-refractivity contribution in [2.24, 2.45) is 5.41 Å². The first kappa shape index (κ1) is 17.9. The smallest absolute Gasteiger partial charge is 0.266 e. The van der Waals surface area contributed by atoms with Crippen LogP contribution in [0, 0.1) is 5.41 Å². The summed E-state index contributed by atoms with van der Waals surface area (Å²) >= 11 is 0. The van der Waals surface area contributed by atoms with Crippen molar-refractivity contribution in [1.82, 2.24) is 0 Å². The monoisotopic (exact) mass is 372 g/mol. The Kier molecular flexibility index (Phi) is 4.03. The highest BCUT2D eigenvalue weighted by Gasteiger charge is 2.37. The lowest BCUT2D eigenvalue weighted by molar-refractivity contribution is -0.123. The van der Waals surface area contributed by atoms with Crippen molar-refractivity contribution in [3.63, 3.8) is 0 Å². The maximum atomic E-state index is 12.9. The second-order valence-electron chi connectivity index (χ2n) is 7.94. The molecule has 5 heteroatoms. The zero-order valence-electron chi connectivity index (χ0n) is 15.9. The molecule has 1 aliphatic heterocycles. The molecule has 0 bridgehead atoms. The minimum atomic E-state index is -0.511. The second kappa shape index (κ2) is 6.30. The molecular formula is C23H20N2O3. The SMILES string of the molecule is CC(C)(C)C(=O)Nc1ccc(N2C(=O)c3cc4ccccc4cc3C2=O)cc1. The Morgan fingerprint density at radius 1 is 0.821 bits per heavy atom. The number of fused-ring (bicyclic) bond motifs is 2. The van der Waals surface area contributed by atoms with Gasteiger partial charge < -0.3 is 5.32 Å². The highest BCUT2D eigenvalue weighted by atomic mass is 16.2. The number of nitrogens with zero attached hydrogens (tertiary/aromatic N) is 1. The van der Waals surface area contributed by atoms with E-state index in [-0.39, 0.29) is 17.7 Å². The quantitative estimate of drug-likeness (QED) is 0.667. The van der Waals surface area contributed by atoms with Gasteiger partial charge in [0.1, 0.15) is 0 Å². The maximum absolute atomic E-state index is 12.9. The van der Waals surface area contributed by atoms with Crippen LogP contribution in [-0.2, 0) is 4.79 Å². The summed E-state index contributed by atoms with van der Waals surface area (Å²) in [5.41, 5.74) is 1.40. The van der Waals surface area contributed by atoms with Crippen molar-refractivity contribution < 1.29 is 14.4 Å². The fraction of sp³-hybridized carbons (Fsp3) is 0.174. The van der Waals surface area contributed by atoms with Crippen LogP contribution in [-0.4, -0.2) is 17.7 Å². The minimum Gasteiger partial charge on any atom is -0.326 e. The third-order valence-corrected chi connectivity index (χ3v) is 4.82. The average molecular weight is 372 g/mol. The van der Waals surface area contributed by atoms with Crippen LogP contribution >= 0.6 is 0 Å². The molecule has 28 heavy (non-hydrogen) atoms. The standard InChI is InChI=1S/C23H20N2O3/c1-23(2,3)22(28)24-16-8-10-17(11-9-16)25-20(26)18-12-14-6-4-5-7-15(14)13-19(18)21(25)27/h4-13H,1-3H3,(H,24,28). The Hall–Kier alpha value is -3.47. The highest BCUT2D eigenvalue weighted by Crippen LogP contribution is 2.32. The number of nitrogens with one attached hydrogen (secondary N) is 1. The zero-order chi connectivity index (χ0) is 20.1. The molecule has 0 aromatic heterocycles. The van der Waals surface area contributed by atoms with Crippen molar-refractivity contribution in [3.8, 4) is 0 Å². The topological polar surface area (TPSA) is 66.5 Å². The van der Waals surface area contributed by atoms with Gasteiger partial charge in [-0.05, 0) is 47.2 Å². The van der Waals surface area contributed by atoms with Crippen molar-refractivity contribution >= 4 is 39.9 Å². The second-order valence-corrected chi connectivity index (χ2v) is 7.94. The zero-order valence-corrected chi connectivity index (χ0v) is 15.9. The van der Waals surface area contributed by atoms with Crippen molar-refractivity contribution in [2.75, 3.05) is 10.2 Å². The van der Waals surface area contributed by atoms with Gasteiger partial charge in [0.2, 0.25) is 5.91 Å². The summed E-state index contributed by atoms with van der Waals surface area (Å²) in [4.78, 5) is 39.1. The lowest BCUT2D eigenvalue weighted by Gasteiger charge is -2.18. The van der Waals surface area contributed by atoms with Crippen molar-refractivity contribution in [1.29, 1.82) is 0 Å². The van der Waals surface area contributed by atoms with Crippen molar-refractivity contribution in [3.05, 3.63) is 71.8 Å². The summed E-state index contributed by atoms with van der Waals surface area (Å²) in [5.74, 6) is -0.776. The normalized spacial score (nSPS) is 13.8. The minimum absolute atomic E-state index is 0.104. The molecule has 0 unspecified atom stereocenters. The van der Waals surface area contributed by atoms with Gasteiger partial charge in [0.15, 0.2) is 0 Å². The number of anilines is 2. The van der Waals surface area contributed by atoms with Crippen LogP contribution in [0.5, 0.6) is 0 Å². The van der Waals surface area contributed by atoms with Crippen LogP contribution in [0.4, 0.5) is 11.4 Å². The van der Waals surface area contributed by atoms with E-state index in [0.29, 0.717) is 22.5 Å². The van der Waals surface area contributed by atoms with E-state index in [2.05, 4.69) is 5.32 Å². The van der Waals surface area contributed by atoms with Crippen LogP contribution in [0.2, 0.25) is 0 Å². The van der Waals surface area contributed by atoms with E-state index in [1.54, 1.807) is 36.4 Å². The summed E-state index contributed by atoms with van der Waals surface area (Å²) in [6.45, 7) is 5.50. The molecule has 1 N–H and O–H groups in total. The largest absolute Gasteiger partial charge is 0.326 e. The molecule has 1 aliphatic rings. The Morgan fingerprint density at radius 3 is 1.79 bits per heavy atom. The molecule has 0 fully saturated rings. The Labute approximate surface area is 163 Å². The van der Waals surface area contributed by atoms with Gasteiger partial charge >= 0.3 is 0 Å². The molecule has 3 aromatic rings. The first-order valence-electron chi connectivity index (χ1n) is 9.09. The van der Waals surface area contributed by atoms with E-state index in [1.807, 2.05) is 45.0 Å². The molecule has 0 atom stereocenters. The molecule has 4 rings (SSSR count). The molecule has 3 aromatic carbocycles. The number of hydrogen-bond acceptors (Lipinski definition) is 3. The van der Waals surface area contributed by atoms with Crippen LogP contribution < -0.4 is 10.2 Å². The predicted octanol–water partition coefficient (Wildman–Crippen LogP) is 4.63. The van der Waals surface area contributed by atoms with E-state index in [4.69, 9.17) is 0 Å². The van der Waals surface area contributed by atoms with E-state index < -0.39 is 5.41 Å². The third-order valence-electron chi connectivity index (χ3n) is 4.82. The van der Waals surface area contributed by atoms with Crippen LogP contribution in [0.1, 0.15) is 41.5 Å². The molecule has 3 amide bonds.